The second-order valence-electron chi connectivity index (χ2n) is 7.10. The Balaban J connectivity index is 3.51. The maximum absolute atomic E-state index is 11.3. The van der Waals surface area contributed by atoms with E-state index in [2.05, 4.69) is 13.8 Å². The minimum Gasteiger partial charge on any atom is -0.466 e. The van der Waals surface area contributed by atoms with Gasteiger partial charge in [0, 0.05) is 13.0 Å². The Morgan fingerprint density at radius 1 is 0.680 bits per heavy atom. The van der Waals surface area contributed by atoms with E-state index in [-0.39, 0.29) is 5.97 Å². The molecule has 0 aromatic rings. The van der Waals surface area contributed by atoms with Gasteiger partial charge >= 0.3 is 5.97 Å². The maximum atomic E-state index is 11.3. The first-order valence-electron chi connectivity index (χ1n) is 11.0. The van der Waals surface area contributed by atoms with Gasteiger partial charge in [-0.25, -0.2) is 0 Å². The molecule has 1 unspecified atom stereocenters. The van der Waals surface area contributed by atoms with Gasteiger partial charge in [0.25, 0.3) is 0 Å². The number of esters is 1. The molecule has 0 amide bonds. The summed E-state index contributed by atoms with van der Waals surface area (Å²) in [5.74, 6) is -0.0476. The summed E-state index contributed by atoms with van der Waals surface area (Å²) in [5.41, 5.74) is 0. The van der Waals surface area contributed by atoms with Crippen molar-refractivity contribution in [1.29, 1.82) is 0 Å². The third-order valence-electron chi connectivity index (χ3n) is 4.74. The van der Waals surface area contributed by atoms with Crippen LogP contribution in [0.5, 0.6) is 0 Å². The third-order valence-corrected chi connectivity index (χ3v) is 4.74. The highest BCUT2D eigenvalue weighted by Crippen LogP contribution is 2.17. The van der Waals surface area contributed by atoms with Crippen LogP contribution < -0.4 is 0 Å². The van der Waals surface area contributed by atoms with Crippen LogP contribution in [0.2, 0.25) is 0 Å². The van der Waals surface area contributed by atoms with Crippen molar-refractivity contribution in [2.75, 3.05) is 13.2 Å². The van der Waals surface area contributed by atoms with Crippen LogP contribution in [0.4, 0.5) is 0 Å². The van der Waals surface area contributed by atoms with Crippen molar-refractivity contribution in [3.8, 4) is 0 Å². The van der Waals surface area contributed by atoms with Gasteiger partial charge in [-0.3, -0.25) is 4.79 Å². The highest BCUT2D eigenvalue weighted by atomic mass is 16.5. The second-order valence-corrected chi connectivity index (χ2v) is 7.10. The Hall–Kier alpha value is -0.570. The lowest BCUT2D eigenvalue weighted by molar-refractivity contribution is -0.143. The number of rotatable bonds is 19. The number of unbranched alkanes of at least 4 members (excludes halogenated alkanes) is 10. The van der Waals surface area contributed by atoms with Crippen LogP contribution in [0.3, 0.4) is 0 Å². The third kappa shape index (κ3) is 18.0. The van der Waals surface area contributed by atoms with Crippen LogP contribution in [0.25, 0.3) is 0 Å². The summed E-state index contributed by atoms with van der Waals surface area (Å²) in [6.45, 7) is 7.57. The van der Waals surface area contributed by atoms with Crippen LogP contribution >= 0.6 is 0 Å². The molecule has 150 valence electrons. The lowest BCUT2D eigenvalue weighted by Crippen LogP contribution is -2.12. The lowest BCUT2D eigenvalue weighted by atomic mass is 10.0. The summed E-state index contributed by atoms with van der Waals surface area (Å²) in [6.07, 6.45) is 18.9. The monoisotopic (exact) mass is 356 g/mol. The van der Waals surface area contributed by atoms with E-state index < -0.39 is 0 Å². The van der Waals surface area contributed by atoms with Crippen molar-refractivity contribution in [2.24, 2.45) is 0 Å². The lowest BCUT2D eigenvalue weighted by Gasteiger charge is -2.17. The molecule has 0 aliphatic heterocycles. The molecule has 25 heavy (non-hydrogen) atoms. The van der Waals surface area contributed by atoms with E-state index in [4.69, 9.17) is 9.47 Å². The fourth-order valence-corrected chi connectivity index (χ4v) is 3.28. The minimum atomic E-state index is -0.0476. The van der Waals surface area contributed by atoms with Crippen LogP contribution in [0.15, 0.2) is 0 Å². The molecule has 1 atom stereocenters. The molecule has 0 aromatic carbocycles. The molecule has 3 nitrogen and oxygen atoms in total. The van der Waals surface area contributed by atoms with Gasteiger partial charge in [-0.2, -0.15) is 0 Å². The molecule has 0 radical (unpaired) electrons. The molecule has 0 bridgehead atoms. The fourth-order valence-electron chi connectivity index (χ4n) is 3.28. The summed E-state index contributed by atoms with van der Waals surface area (Å²) in [4.78, 5) is 11.3. The van der Waals surface area contributed by atoms with Crippen LogP contribution in [-0.2, 0) is 14.3 Å². The molecule has 3 heteroatoms. The number of carbonyl (C=O) groups excluding carboxylic acids is 1. The molecule has 0 N–H and O–H groups in total. The number of hydrogen-bond donors (Lipinski definition) is 0. The Kier molecular flexibility index (Phi) is 19.3. The summed E-state index contributed by atoms with van der Waals surface area (Å²) in [5, 5.41) is 0. The summed E-state index contributed by atoms with van der Waals surface area (Å²) in [6, 6.07) is 0. The highest BCUT2D eigenvalue weighted by molar-refractivity contribution is 5.69. The van der Waals surface area contributed by atoms with Gasteiger partial charge in [0.05, 0.1) is 12.7 Å². The van der Waals surface area contributed by atoms with E-state index in [1.165, 1.54) is 77.0 Å². The average molecular weight is 357 g/mol. The molecular weight excluding hydrogens is 312 g/mol. The van der Waals surface area contributed by atoms with Crippen molar-refractivity contribution < 1.29 is 14.3 Å². The Morgan fingerprint density at radius 2 is 1.20 bits per heavy atom. The van der Waals surface area contributed by atoms with Gasteiger partial charge in [-0.15, -0.1) is 0 Å². The van der Waals surface area contributed by atoms with E-state index in [1.807, 2.05) is 6.92 Å². The van der Waals surface area contributed by atoms with Gasteiger partial charge in [0.2, 0.25) is 0 Å². The van der Waals surface area contributed by atoms with Crippen LogP contribution in [0, 0.1) is 0 Å². The fraction of sp³-hybridized carbons (Fsp3) is 0.955. The number of hydrogen-bond acceptors (Lipinski definition) is 3. The largest absolute Gasteiger partial charge is 0.466 e. The number of ether oxygens (including phenoxy) is 2. The van der Waals surface area contributed by atoms with Gasteiger partial charge in [-0.05, 0) is 33.1 Å². The Bertz CT molecular complexity index is 278. The molecule has 0 heterocycles. The van der Waals surface area contributed by atoms with Crippen molar-refractivity contribution >= 4 is 5.97 Å². The molecule has 0 saturated carbocycles. The van der Waals surface area contributed by atoms with Gasteiger partial charge in [0.15, 0.2) is 0 Å². The van der Waals surface area contributed by atoms with Crippen LogP contribution in [0.1, 0.15) is 117 Å². The van der Waals surface area contributed by atoms with Crippen molar-refractivity contribution in [3.05, 3.63) is 0 Å². The zero-order chi connectivity index (χ0) is 18.6. The molecule has 0 aliphatic carbocycles. The van der Waals surface area contributed by atoms with E-state index in [1.54, 1.807) is 0 Å². The molecule has 0 rings (SSSR count). The Morgan fingerprint density at radius 3 is 1.72 bits per heavy atom. The van der Waals surface area contributed by atoms with Crippen molar-refractivity contribution in [3.63, 3.8) is 0 Å². The zero-order valence-electron chi connectivity index (χ0n) is 17.3. The van der Waals surface area contributed by atoms with Gasteiger partial charge in [-0.1, -0.05) is 77.6 Å². The minimum absolute atomic E-state index is 0.0476. The normalized spacial score (nSPS) is 12.3. The molecular formula is C22H44O3. The predicted octanol–water partition coefficient (Wildman–Crippen LogP) is 6.83. The van der Waals surface area contributed by atoms with E-state index in [0.29, 0.717) is 19.1 Å². The standard InChI is InChI=1S/C22H44O3/c1-4-7-8-9-10-12-15-18-21(24-5-2)19-16-13-11-14-17-20-22(23)25-6-3/h21H,4-20H2,1-3H3. The zero-order valence-corrected chi connectivity index (χ0v) is 17.3. The van der Waals surface area contributed by atoms with E-state index >= 15 is 0 Å². The second kappa shape index (κ2) is 19.8. The van der Waals surface area contributed by atoms with E-state index in [0.717, 1.165) is 19.4 Å². The molecule has 0 fully saturated rings. The summed E-state index contributed by atoms with van der Waals surface area (Å²) < 4.78 is 10.9. The van der Waals surface area contributed by atoms with Gasteiger partial charge in [0.1, 0.15) is 0 Å². The molecule has 0 aromatic heterocycles. The molecule has 0 spiro atoms. The first-order valence-corrected chi connectivity index (χ1v) is 11.0. The van der Waals surface area contributed by atoms with Crippen molar-refractivity contribution in [2.45, 2.75) is 123 Å². The van der Waals surface area contributed by atoms with E-state index in [9.17, 15) is 4.79 Å². The van der Waals surface area contributed by atoms with Crippen molar-refractivity contribution in [1.82, 2.24) is 0 Å². The van der Waals surface area contributed by atoms with Gasteiger partial charge < -0.3 is 9.47 Å². The quantitative estimate of drug-likeness (QED) is 0.188. The average Bonchev–Trinajstić information content (AvgIpc) is 2.60. The summed E-state index contributed by atoms with van der Waals surface area (Å²) >= 11 is 0. The molecule has 0 saturated heterocycles. The Labute approximate surface area is 157 Å². The smallest absolute Gasteiger partial charge is 0.305 e. The predicted molar refractivity (Wildman–Crippen MR) is 107 cm³/mol. The first kappa shape index (κ1) is 24.4. The van der Waals surface area contributed by atoms with Crippen LogP contribution in [-0.4, -0.2) is 25.3 Å². The topological polar surface area (TPSA) is 35.5 Å². The summed E-state index contributed by atoms with van der Waals surface area (Å²) in [7, 11) is 0. The number of carbonyl (C=O) groups is 1. The SMILES string of the molecule is CCCCCCCCCC(CCCCCCCC(=O)OCC)OCC. The first-order chi connectivity index (χ1) is 12.2. The molecule has 0 aliphatic rings. The maximum Gasteiger partial charge on any atom is 0.305 e. The highest BCUT2D eigenvalue weighted by Gasteiger charge is 2.08.